The zero-order valence-electron chi connectivity index (χ0n) is 9.00. The van der Waals surface area contributed by atoms with Crippen molar-refractivity contribution in [3.05, 3.63) is 17.5 Å². The van der Waals surface area contributed by atoms with Crippen LogP contribution < -0.4 is 5.32 Å². The Bertz CT molecular complexity index is 312. The summed E-state index contributed by atoms with van der Waals surface area (Å²) in [5.74, 6) is 0.646. The predicted molar refractivity (Wildman–Crippen MR) is 59.9 cm³/mol. The van der Waals surface area contributed by atoms with Gasteiger partial charge in [0.15, 0.2) is 0 Å². The molecule has 1 N–H and O–H groups in total. The minimum atomic E-state index is 0.0557. The third-order valence-corrected chi connectivity index (χ3v) is 2.65. The summed E-state index contributed by atoms with van der Waals surface area (Å²) in [4.78, 5) is 8.49. The van der Waals surface area contributed by atoms with E-state index in [9.17, 15) is 0 Å². The molecule has 4 heteroatoms. The van der Waals surface area contributed by atoms with Crippen molar-refractivity contribution in [3.63, 3.8) is 0 Å². The molecule has 0 fully saturated rings. The summed E-state index contributed by atoms with van der Waals surface area (Å²) in [6.07, 6.45) is 1.82. The second-order valence-electron chi connectivity index (χ2n) is 3.57. The van der Waals surface area contributed by atoms with Gasteiger partial charge in [-0.1, -0.05) is 0 Å². The van der Waals surface area contributed by atoms with Crippen molar-refractivity contribution in [2.24, 2.45) is 0 Å². The fourth-order valence-corrected chi connectivity index (χ4v) is 0.978. The van der Waals surface area contributed by atoms with Gasteiger partial charge in [0.05, 0.1) is 5.38 Å². The second kappa shape index (κ2) is 4.60. The zero-order chi connectivity index (χ0) is 10.7. The molecule has 0 saturated heterocycles. The van der Waals surface area contributed by atoms with Crippen LogP contribution in [0.4, 0.5) is 5.95 Å². The van der Waals surface area contributed by atoms with E-state index < -0.39 is 0 Å². The molecule has 3 nitrogen and oxygen atoms in total. The Balaban J connectivity index is 2.73. The number of aromatic nitrogens is 2. The first-order valence-corrected chi connectivity index (χ1v) is 5.15. The number of hydrogen-bond donors (Lipinski definition) is 1. The standard InChI is InChI=1S/C10H16ClN3/c1-6-5-12-10(13-8(6)3)14-9(4)7(2)11/h5,7,9H,1-4H3,(H,12,13,14). The van der Waals surface area contributed by atoms with E-state index in [1.807, 2.05) is 33.9 Å². The lowest BCUT2D eigenvalue weighted by molar-refractivity contribution is 0.759. The van der Waals surface area contributed by atoms with E-state index in [0.717, 1.165) is 11.3 Å². The second-order valence-corrected chi connectivity index (χ2v) is 4.26. The highest BCUT2D eigenvalue weighted by Gasteiger charge is 2.10. The average molecular weight is 214 g/mol. The van der Waals surface area contributed by atoms with Gasteiger partial charge in [-0.15, -0.1) is 11.6 Å². The molecule has 0 aliphatic rings. The van der Waals surface area contributed by atoms with Gasteiger partial charge in [-0.05, 0) is 33.3 Å². The number of alkyl halides is 1. The van der Waals surface area contributed by atoms with Gasteiger partial charge in [0, 0.05) is 17.9 Å². The van der Waals surface area contributed by atoms with Crippen LogP contribution in [0.5, 0.6) is 0 Å². The summed E-state index contributed by atoms with van der Waals surface area (Å²) in [6, 6.07) is 0.166. The largest absolute Gasteiger partial charge is 0.350 e. The van der Waals surface area contributed by atoms with Gasteiger partial charge in [0.2, 0.25) is 5.95 Å². The summed E-state index contributed by atoms with van der Waals surface area (Å²) >= 11 is 5.93. The normalized spacial score (nSPS) is 14.9. The van der Waals surface area contributed by atoms with E-state index in [-0.39, 0.29) is 11.4 Å². The maximum absolute atomic E-state index is 5.93. The van der Waals surface area contributed by atoms with Crippen LogP contribution in [0, 0.1) is 13.8 Å². The lowest BCUT2D eigenvalue weighted by Crippen LogP contribution is -2.25. The van der Waals surface area contributed by atoms with Crippen molar-refractivity contribution in [2.45, 2.75) is 39.1 Å². The summed E-state index contributed by atoms with van der Waals surface area (Å²) < 4.78 is 0. The number of halogens is 1. The van der Waals surface area contributed by atoms with Crippen molar-refractivity contribution < 1.29 is 0 Å². The maximum atomic E-state index is 5.93. The minimum Gasteiger partial charge on any atom is -0.350 e. The molecule has 0 radical (unpaired) electrons. The first-order valence-electron chi connectivity index (χ1n) is 4.71. The molecule has 0 amide bonds. The van der Waals surface area contributed by atoms with E-state index in [1.165, 1.54) is 0 Å². The number of nitrogens with zero attached hydrogens (tertiary/aromatic N) is 2. The number of anilines is 1. The van der Waals surface area contributed by atoms with E-state index in [0.29, 0.717) is 5.95 Å². The van der Waals surface area contributed by atoms with Gasteiger partial charge < -0.3 is 5.32 Å². The molecule has 0 bridgehead atoms. The summed E-state index contributed by atoms with van der Waals surface area (Å²) in [5.41, 5.74) is 2.10. The van der Waals surface area contributed by atoms with Crippen molar-refractivity contribution in [3.8, 4) is 0 Å². The highest BCUT2D eigenvalue weighted by molar-refractivity contribution is 6.20. The number of hydrogen-bond acceptors (Lipinski definition) is 3. The van der Waals surface area contributed by atoms with Gasteiger partial charge in [0.1, 0.15) is 0 Å². The van der Waals surface area contributed by atoms with Crippen LogP contribution >= 0.6 is 11.6 Å². The van der Waals surface area contributed by atoms with Crippen molar-refractivity contribution in [1.29, 1.82) is 0 Å². The van der Waals surface area contributed by atoms with Gasteiger partial charge in [0.25, 0.3) is 0 Å². The fraction of sp³-hybridized carbons (Fsp3) is 0.600. The Morgan fingerprint density at radius 2 is 2.00 bits per heavy atom. The molecule has 0 spiro atoms. The molecule has 1 aromatic rings. The Hall–Kier alpha value is -0.830. The van der Waals surface area contributed by atoms with Crippen LogP contribution in [0.2, 0.25) is 0 Å². The van der Waals surface area contributed by atoms with Crippen molar-refractivity contribution in [1.82, 2.24) is 9.97 Å². The summed E-state index contributed by atoms with van der Waals surface area (Å²) in [5, 5.41) is 3.21. The molecule has 1 heterocycles. The molecule has 0 aromatic carbocycles. The number of nitrogens with one attached hydrogen (secondary N) is 1. The van der Waals surface area contributed by atoms with E-state index >= 15 is 0 Å². The van der Waals surface area contributed by atoms with Crippen LogP contribution in [0.1, 0.15) is 25.1 Å². The lowest BCUT2D eigenvalue weighted by atomic mass is 10.2. The zero-order valence-corrected chi connectivity index (χ0v) is 9.76. The van der Waals surface area contributed by atoms with Crippen molar-refractivity contribution in [2.75, 3.05) is 5.32 Å². The molecule has 2 atom stereocenters. The minimum absolute atomic E-state index is 0.0557. The smallest absolute Gasteiger partial charge is 0.223 e. The molecule has 14 heavy (non-hydrogen) atoms. The van der Waals surface area contributed by atoms with E-state index in [1.54, 1.807) is 0 Å². The first-order chi connectivity index (χ1) is 6.50. The van der Waals surface area contributed by atoms with Gasteiger partial charge >= 0.3 is 0 Å². The van der Waals surface area contributed by atoms with Crippen LogP contribution in [-0.4, -0.2) is 21.4 Å². The van der Waals surface area contributed by atoms with Gasteiger partial charge in [-0.2, -0.15) is 0 Å². The molecule has 0 aliphatic heterocycles. The van der Waals surface area contributed by atoms with Crippen LogP contribution in [0.3, 0.4) is 0 Å². The van der Waals surface area contributed by atoms with Gasteiger partial charge in [-0.3, -0.25) is 0 Å². The van der Waals surface area contributed by atoms with Gasteiger partial charge in [-0.25, -0.2) is 9.97 Å². The van der Waals surface area contributed by atoms with Crippen LogP contribution in [0.25, 0.3) is 0 Å². The monoisotopic (exact) mass is 213 g/mol. The lowest BCUT2D eigenvalue weighted by Gasteiger charge is -2.16. The predicted octanol–water partition coefficient (Wildman–Crippen LogP) is 2.52. The summed E-state index contributed by atoms with van der Waals surface area (Å²) in [6.45, 7) is 7.92. The third-order valence-electron chi connectivity index (χ3n) is 2.27. The molecule has 1 aromatic heterocycles. The summed E-state index contributed by atoms with van der Waals surface area (Å²) in [7, 11) is 0. The molecular weight excluding hydrogens is 198 g/mol. The quantitative estimate of drug-likeness (QED) is 0.785. The molecule has 0 aliphatic carbocycles. The third kappa shape index (κ3) is 2.84. The van der Waals surface area contributed by atoms with E-state index in [2.05, 4.69) is 15.3 Å². The number of aryl methyl sites for hydroxylation is 2. The Kier molecular flexibility index (Phi) is 3.69. The highest BCUT2D eigenvalue weighted by atomic mass is 35.5. The molecule has 0 saturated carbocycles. The maximum Gasteiger partial charge on any atom is 0.223 e. The first kappa shape index (κ1) is 11.2. The van der Waals surface area contributed by atoms with Crippen LogP contribution in [-0.2, 0) is 0 Å². The Morgan fingerprint density at radius 1 is 1.36 bits per heavy atom. The Morgan fingerprint density at radius 3 is 2.50 bits per heavy atom. The van der Waals surface area contributed by atoms with E-state index in [4.69, 9.17) is 11.6 Å². The van der Waals surface area contributed by atoms with Crippen LogP contribution in [0.15, 0.2) is 6.20 Å². The molecule has 2 unspecified atom stereocenters. The average Bonchev–Trinajstić information content (AvgIpc) is 2.11. The fourth-order valence-electron chi connectivity index (χ4n) is 0.915. The number of rotatable bonds is 3. The highest BCUT2D eigenvalue weighted by Crippen LogP contribution is 2.09. The molecule has 1 rings (SSSR count). The molecular formula is C10H16ClN3. The SMILES string of the molecule is Cc1cnc(NC(C)C(C)Cl)nc1C. The topological polar surface area (TPSA) is 37.8 Å². The molecule has 78 valence electrons. The Labute approximate surface area is 89.9 Å². The van der Waals surface area contributed by atoms with Crippen molar-refractivity contribution >= 4 is 17.5 Å².